The molecule has 0 saturated heterocycles. The Hall–Kier alpha value is -1.05. The maximum Gasteiger partial charge on any atom is 0.241 e. The van der Waals surface area contributed by atoms with Crippen LogP contribution in [-0.2, 0) is 14.8 Å². The second-order valence-corrected chi connectivity index (χ2v) is 7.61. The van der Waals surface area contributed by atoms with Crippen LogP contribution in [0.3, 0.4) is 0 Å². The largest absolute Gasteiger partial charge is 0.355 e. The number of carbonyl (C=O) groups is 1. The Morgan fingerprint density at radius 2 is 1.95 bits per heavy atom. The molecule has 7 heteroatoms. The number of nitrogens with one attached hydrogen (secondary N) is 2. The fourth-order valence-corrected chi connectivity index (χ4v) is 3.57. The van der Waals surface area contributed by atoms with E-state index >= 15 is 0 Å². The van der Waals surface area contributed by atoms with Gasteiger partial charge in [0.05, 0.1) is 4.90 Å². The average molecular weight is 345 g/mol. The van der Waals surface area contributed by atoms with Gasteiger partial charge in [-0.2, -0.15) is 16.5 Å². The molecular formula is C15H24N2O3S2. The third kappa shape index (κ3) is 6.37. The molecule has 0 bridgehead atoms. The smallest absolute Gasteiger partial charge is 0.241 e. The van der Waals surface area contributed by atoms with Crippen LogP contribution in [0.1, 0.15) is 26.2 Å². The molecule has 1 rings (SSSR count). The number of hydrogen-bond donors (Lipinski definition) is 2. The van der Waals surface area contributed by atoms with E-state index in [0.717, 1.165) is 12.8 Å². The van der Waals surface area contributed by atoms with Crippen molar-refractivity contribution in [3.05, 3.63) is 30.3 Å². The molecule has 0 aliphatic rings. The van der Waals surface area contributed by atoms with E-state index < -0.39 is 16.1 Å². The molecule has 1 aromatic carbocycles. The van der Waals surface area contributed by atoms with Gasteiger partial charge >= 0.3 is 0 Å². The summed E-state index contributed by atoms with van der Waals surface area (Å²) in [7, 11) is -3.69. The fraction of sp³-hybridized carbons (Fsp3) is 0.533. The van der Waals surface area contributed by atoms with Gasteiger partial charge in [0.15, 0.2) is 0 Å². The van der Waals surface area contributed by atoms with E-state index in [1.165, 1.54) is 12.1 Å². The molecule has 0 aromatic heterocycles. The first-order valence-electron chi connectivity index (χ1n) is 7.35. The monoisotopic (exact) mass is 344 g/mol. The van der Waals surface area contributed by atoms with Crippen molar-refractivity contribution >= 4 is 27.7 Å². The standard InChI is InChI=1S/C15H24N2O3S2/c1-3-4-11-16-15(18)14(10-12-21-2)17-22(19,20)13-8-6-5-7-9-13/h5-9,14,17H,3-4,10-12H2,1-2H3,(H,16,18). The van der Waals surface area contributed by atoms with Crippen molar-refractivity contribution in [3.8, 4) is 0 Å². The van der Waals surface area contributed by atoms with E-state index in [1.807, 2.05) is 13.2 Å². The Balaban J connectivity index is 2.77. The van der Waals surface area contributed by atoms with Crippen LogP contribution >= 0.6 is 11.8 Å². The first kappa shape index (κ1) is 19.0. The Kier molecular flexibility index (Phi) is 8.52. The maximum absolute atomic E-state index is 12.3. The Morgan fingerprint density at radius 3 is 2.55 bits per heavy atom. The molecule has 1 aromatic rings. The molecule has 0 aliphatic carbocycles. The van der Waals surface area contributed by atoms with Crippen LogP contribution in [-0.4, -0.2) is 38.9 Å². The van der Waals surface area contributed by atoms with Gasteiger partial charge in [0, 0.05) is 6.54 Å². The summed E-state index contributed by atoms with van der Waals surface area (Å²) in [6.45, 7) is 2.60. The molecule has 22 heavy (non-hydrogen) atoms. The van der Waals surface area contributed by atoms with Crippen LogP contribution in [0.2, 0.25) is 0 Å². The number of unbranched alkanes of at least 4 members (excludes halogenated alkanes) is 1. The van der Waals surface area contributed by atoms with Gasteiger partial charge in [0.1, 0.15) is 6.04 Å². The molecule has 0 saturated carbocycles. The quantitative estimate of drug-likeness (QED) is 0.637. The summed E-state index contributed by atoms with van der Waals surface area (Å²) in [5, 5.41) is 2.79. The van der Waals surface area contributed by atoms with E-state index in [9.17, 15) is 13.2 Å². The highest BCUT2D eigenvalue weighted by Gasteiger charge is 2.24. The fourth-order valence-electron chi connectivity index (χ4n) is 1.85. The van der Waals surface area contributed by atoms with Gasteiger partial charge in [-0.15, -0.1) is 0 Å². The zero-order valence-corrected chi connectivity index (χ0v) is 14.7. The highest BCUT2D eigenvalue weighted by molar-refractivity contribution is 7.98. The number of amides is 1. The maximum atomic E-state index is 12.3. The van der Waals surface area contributed by atoms with Crippen molar-refractivity contribution in [1.82, 2.24) is 10.0 Å². The Morgan fingerprint density at radius 1 is 1.27 bits per heavy atom. The van der Waals surface area contributed by atoms with Gasteiger partial charge in [-0.3, -0.25) is 4.79 Å². The van der Waals surface area contributed by atoms with Crippen molar-refractivity contribution in [2.24, 2.45) is 0 Å². The molecule has 1 unspecified atom stereocenters. The number of sulfonamides is 1. The SMILES string of the molecule is CCCCNC(=O)C(CCSC)NS(=O)(=O)c1ccccc1. The molecule has 1 amide bonds. The van der Waals surface area contributed by atoms with Crippen molar-refractivity contribution in [2.75, 3.05) is 18.6 Å². The van der Waals surface area contributed by atoms with Gasteiger partial charge in [-0.25, -0.2) is 8.42 Å². The van der Waals surface area contributed by atoms with Crippen molar-refractivity contribution in [2.45, 2.75) is 37.1 Å². The molecule has 1 atom stereocenters. The molecule has 2 N–H and O–H groups in total. The molecule has 124 valence electrons. The van der Waals surface area contributed by atoms with Crippen LogP contribution in [0.15, 0.2) is 35.2 Å². The lowest BCUT2D eigenvalue weighted by molar-refractivity contribution is -0.122. The topological polar surface area (TPSA) is 75.3 Å². The summed E-state index contributed by atoms with van der Waals surface area (Å²) in [4.78, 5) is 12.4. The van der Waals surface area contributed by atoms with Crippen molar-refractivity contribution < 1.29 is 13.2 Å². The summed E-state index contributed by atoms with van der Waals surface area (Å²) in [6.07, 6.45) is 4.25. The van der Waals surface area contributed by atoms with E-state index in [-0.39, 0.29) is 10.8 Å². The van der Waals surface area contributed by atoms with Crippen molar-refractivity contribution in [3.63, 3.8) is 0 Å². The average Bonchev–Trinajstić information content (AvgIpc) is 2.52. The van der Waals surface area contributed by atoms with E-state index in [0.29, 0.717) is 18.7 Å². The third-order valence-corrected chi connectivity index (χ3v) is 5.24. The molecule has 0 heterocycles. The van der Waals surface area contributed by atoms with Crippen molar-refractivity contribution in [1.29, 1.82) is 0 Å². The molecular weight excluding hydrogens is 320 g/mol. The predicted molar refractivity (Wildman–Crippen MR) is 91.5 cm³/mol. The first-order chi connectivity index (χ1) is 10.5. The number of thioether (sulfide) groups is 1. The number of benzene rings is 1. The summed E-state index contributed by atoms with van der Waals surface area (Å²) in [5.41, 5.74) is 0. The highest BCUT2D eigenvalue weighted by atomic mass is 32.2. The summed E-state index contributed by atoms with van der Waals surface area (Å²) in [5.74, 6) is 0.449. The minimum atomic E-state index is -3.69. The van der Waals surface area contributed by atoms with Crippen LogP contribution in [0.25, 0.3) is 0 Å². The van der Waals surface area contributed by atoms with Crippen LogP contribution < -0.4 is 10.0 Å². The molecule has 0 radical (unpaired) electrons. The van der Waals surface area contributed by atoms with Crippen LogP contribution in [0, 0.1) is 0 Å². The number of rotatable bonds is 10. The normalized spacial score (nSPS) is 12.8. The lowest BCUT2D eigenvalue weighted by Crippen LogP contribution is -2.47. The van der Waals surface area contributed by atoms with E-state index in [2.05, 4.69) is 10.0 Å². The first-order valence-corrected chi connectivity index (χ1v) is 10.2. The Labute approximate surface area is 137 Å². The zero-order valence-electron chi connectivity index (χ0n) is 13.0. The number of hydrogen-bond acceptors (Lipinski definition) is 4. The summed E-state index contributed by atoms with van der Waals surface area (Å²) >= 11 is 1.58. The van der Waals surface area contributed by atoms with Crippen LogP contribution in [0.4, 0.5) is 0 Å². The Bertz CT molecular complexity index is 547. The highest BCUT2D eigenvalue weighted by Crippen LogP contribution is 2.10. The molecule has 5 nitrogen and oxygen atoms in total. The lowest BCUT2D eigenvalue weighted by atomic mass is 10.2. The summed E-state index contributed by atoms with van der Waals surface area (Å²) in [6, 6.07) is 7.36. The zero-order chi connectivity index (χ0) is 16.4. The van der Waals surface area contributed by atoms with Gasteiger partial charge in [-0.1, -0.05) is 31.5 Å². The second-order valence-electron chi connectivity index (χ2n) is 4.91. The second kappa shape index (κ2) is 9.86. The van der Waals surface area contributed by atoms with Gasteiger partial charge < -0.3 is 5.32 Å². The van der Waals surface area contributed by atoms with Gasteiger partial charge in [0.25, 0.3) is 0 Å². The van der Waals surface area contributed by atoms with Gasteiger partial charge in [0.2, 0.25) is 15.9 Å². The molecule has 0 spiro atoms. The predicted octanol–water partition coefficient (Wildman–Crippen LogP) is 2.00. The molecule has 0 fully saturated rings. The molecule has 0 aliphatic heterocycles. The minimum Gasteiger partial charge on any atom is -0.355 e. The van der Waals surface area contributed by atoms with Crippen LogP contribution in [0.5, 0.6) is 0 Å². The van der Waals surface area contributed by atoms with E-state index in [4.69, 9.17) is 0 Å². The lowest BCUT2D eigenvalue weighted by Gasteiger charge is -2.18. The summed E-state index contributed by atoms with van der Waals surface area (Å²) < 4.78 is 27.2. The number of carbonyl (C=O) groups excluding carboxylic acids is 1. The van der Waals surface area contributed by atoms with Gasteiger partial charge in [-0.05, 0) is 37.0 Å². The third-order valence-electron chi connectivity index (χ3n) is 3.11. The van der Waals surface area contributed by atoms with E-state index in [1.54, 1.807) is 30.0 Å². The minimum absolute atomic E-state index is 0.172.